The van der Waals surface area contributed by atoms with Gasteiger partial charge in [0.25, 0.3) is 6.48 Å². The summed E-state index contributed by atoms with van der Waals surface area (Å²) in [6.45, 7) is 0.606. The molecule has 0 aromatic heterocycles. The van der Waals surface area contributed by atoms with Gasteiger partial charge in [0.15, 0.2) is 0 Å². The summed E-state index contributed by atoms with van der Waals surface area (Å²) in [7, 11) is 0. The number of hydrogen-bond acceptors (Lipinski definition) is 6. The molecule has 0 spiro atoms. The van der Waals surface area contributed by atoms with Crippen LogP contribution in [-0.4, -0.2) is 57.9 Å². The van der Waals surface area contributed by atoms with Crippen LogP contribution in [0.4, 0.5) is 0 Å². The Hall–Kier alpha value is -0.240. The largest absolute Gasteiger partial charge is 0.387 e. The third kappa shape index (κ3) is 0.861. The summed E-state index contributed by atoms with van der Waals surface area (Å²) in [5.41, 5.74) is -1.38. The molecule has 3 aliphatic heterocycles. The van der Waals surface area contributed by atoms with Crippen molar-refractivity contribution in [2.24, 2.45) is 0 Å². The van der Waals surface area contributed by atoms with Crippen molar-refractivity contribution in [3.8, 4) is 0 Å². The predicted octanol–water partition coefficient (Wildman–Crippen LogP) is -2.06. The average molecular weight is 204 g/mol. The lowest BCUT2D eigenvalue weighted by Crippen LogP contribution is -2.79. The van der Waals surface area contributed by atoms with Crippen LogP contribution in [0.1, 0.15) is 6.92 Å². The monoisotopic (exact) mass is 204 g/mol. The van der Waals surface area contributed by atoms with E-state index in [-0.39, 0.29) is 0 Å². The first-order valence-corrected chi connectivity index (χ1v) is 4.56. The van der Waals surface area contributed by atoms with Gasteiger partial charge in [-0.05, 0) is 6.92 Å². The molecule has 1 aliphatic carbocycles. The van der Waals surface area contributed by atoms with Gasteiger partial charge in [-0.15, -0.1) is 0 Å². The molecule has 3 unspecified atom stereocenters. The van der Waals surface area contributed by atoms with E-state index in [0.29, 0.717) is 0 Å². The summed E-state index contributed by atoms with van der Waals surface area (Å²) in [6, 6.07) is 0. The molecule has 4 rings (SSSR count). The third-order valence-corrected chi connectivity index (χ3v) is 3.23. The van der Waals surface area contributed by atoms with Crippen molar-refractivity contribution >= 4 is 0 Å². The number of aliphatic hydroxyl groups excluding tert-OH is 2. The molecule has 0 radical (unpaired) electrons. The summed E-state index contributed by atoms with van der Waals surface area (Å²) < 4.78 is 15.4. The van der Waals surface area contributed by atoms with Crippen LogP contribution in [0.3, 0.4) is 0 Å². The van der Waals surface area contributed by atoms with E-state index in [1.54, 1.807) is 0 Å². The van der Waals surface area contributed by atoms with Crippen molar-refractivity contribution in [2.45, 2.75) is 49.5 Å². The molecule has 4 aliphatic rings. The van der Waals surface area contributed by atoms with E-state index in [1.165, 1.54) is 6.92 Å². The maximum atomic E-state index is 10.0. The summed E-state index contributed by atoms with van der Waals surface area (Å²) in [6.07, 6.45) is -4.27. The molecule has 4 fully saturated rings. The number of hydrogen-bond donors (Lipinski definition) is 3. The van der Waals surface area contributed by atoms with Gasteiger partial charge in [0.05, 0.1) is 0 Å². The van der Waals surface area contributed by atoms with Crippen LogP contribution in [-0.2, 0) is 14.2 Å². The quantitative estimate of drug-likeness (QED) is 0.420. The SMILES string of the molecule is CC1(O)[C@@H]2OC3OC([C@@H](O)[C@@H]1O3)[C@@H]2O. The fourth-order valence-electron chi connectivity index (χ4n) is 2.46. The molecule has 3 N–H and O–H groups in total. The molecule has 6 nitrogen and oxygen atoms in total. The van der Waals surface area contributed by atoms with Crippen LogP contribution in [0.25, 0.3) is 0 Å². The van der Waals surface area contributed by atoms with Gasteiger partial charge in [-0.2, -0.15) is 0 Å². The van der Waals surface area contributed by atoms with Crippen LogP contribution in [0.2, 0.25) is 0 Å². The zero-order chi connectivity index (χ0) is 10.1. The summed E-state index contributed by atoms with van der Waals surface area (Å²) in [5.74, 6) is 0. The Labute approximate surface area is 80.0 Å². The first-order valence-electron chi connectivity index (χ1n) is 4.56. The Bertz CT molecular complexity index is 245. The van der Waals surface area contributed by atoms with Crippen molar-refractivity contribution in [1.29, 1.82) is 0 Å². The second kappa shape index (κ2) is 2.46. The Morgan fingerprint density at radius 2 is 1.50 bits per heavy atom. The van der Waals surface area contributed by atoms with Crippen molar-refractivity contribution in [3.63, 3.8) is 0 Å². The van der Waals surface area contributed by atoms with E-state index in [4.69, 9.17) is 14.2 Å². The molecular formula is C8H12O6. The Morgan fingerprint density at radius 1 is 1.00 bits per heavy atom. The maximum absolute atomic E-state index is 10.0. The highest BCUT2D eigenvalue weighted by molar-refractivity contribution is 5.11. The normalized spacial score (nSPS) is 66.0. The van der Waals surface area contributed by atoms with Crippen molar-refractivity contribution in [1.82, 2.24) is 0 Å². The molecule has 3 saturated heterocycles. The van der Waals surface area contributed by atoms with Crippen LogP contribution in [0, 0.1) is 0 Å². The van der Waals surface area contributed by atoms with E-state index in [9.17, 15) is 15.3 Å². The van der Waals surface area contributed by atoms with Gasteiger partial charge >= 0.3 is 0 Å². The summed E-state index contributed by atoms with van der Waals surface area (Å²) in [4.78, 5) is 0. The highest BCUT2D eigenvalue weighted by Crippen LogP contribution is 2.44. The van der Waals surface area contributed by atoms with Gasteiger partial charge in [-0.3, -0.25) is 0 Å². The van der Waals surface area contributed by atoms with Crippen LogP contribution in [0.15, 0.2) is 0 Å². The van der Waals surface area contributed by atoms with Gasteiger partial charge in [0, 0.05) is 0 Å². The van der Waals surface area contributed by atoms with Gasteiger partial charge in [-0.25, -0.2) is 0 Å². The maximum Gasteiger partial charge on any atom is 0.273 e. The minimum Gasteiger partial charge on any atom is -0.387 e. The fraction of sp³-hybridized carbons (Fsp3) is 1.00. The van der Waals surface area contributed by atoms with Gasteiger partial charge in [0.1, 0.15) is 36.1 Å². The molecule has 1 saturated carbocycles. The third-order valence-electron chi connectivity index (χ3n) is 3.23. The molecule has 4 bridgehead atoms. The van der Waals surface area contributed by atoms with Gasteiger partial charge in [-0.1, -0.05) is 0 Å². The molecule has 0 aromatic carbocycles. The predicted molar refractivity (Wildman–Crippen MR) is 41.0 cm³/mol. The molecule has 80 valence electrons. The van der Waals surface area contributed by atoms with Gasteiger partial charge < -0.3 is 29.5 Å². The Kier molecular flexibility index (Phi) is 1.59. The minimum atomic E-state index is -1.38. The molecule has 3 heterocycles. The second-order valence-corrected chi connectivity index (χ2v) is 4.21. The molecular weight excluding hydrogens is 192 g/mol. The lowest BCUT2D eigenvalue weighted by molar-refractivity contribution is -0.497. The van der Waals surface area contributed by atoms with Crippen LogP contribution >= 0.6 is 0 Å². The fourth-order valence-corrected chi connectivity index (χ4v) is 2.46. The van der Waals surface area contributed by atoms with E-state index in [1.807, 2.05) is 0 Å². The lowest BCUT2D eigenvalue weighted by atomic mass is 9.74. The summed E-state index contributed by atoms with van der Waals surface area (Å²) >= 11 is 0. The second-order valence-electron chi connectivity index (χ2n) is 4.21. The highest BCUT2D eigenvalue weighted by Gasteiger charge is 2.66. The van der Waals surface area contributed by atoms with Crippen molar-refractivity contribution in [3.05, 3.63) is 0 Å². The molecule has 6 heteroatoms. The van der Waals surface area contributed by atoms with E-state index >= 15 is 0 Å². The van der Waals surface area contributed by atoms with Crippen molar-refractivity contribution in [2.75, 3.05) is 0 Å². The molecule has 0 aromatic rings. The smallest absolute Gasteiger partial charge is 0.273 e. The van der Waals surface area contributed by atoms with Gasteiger partial charge in [0.2, 0.25) is 0 Å². The van der Waals surface area contributed by atoms with E-state index in [2.05, 4.69) is 0 Å². The summed E-state index contributed by atoms with van der Waals surface area (Å²) in [5, 5.41) is 29.4. The topological polar surface area (TPSA) is 88.4 Å². The Morgan fingerprint density at radius 3 is 2.00 bits per heavy atom. The molecule has 7 atom stereocenters. The molecule has 0 amide bonds. The van der Waals surface area contributed by atoms with Crippen LogP contribution < -0.4 is 0 Å². The zero-order valence-electron chi connectivity index (χ0n) is 7.53. The minimum absolute atomic E-state index is 0.724. The zero-order valence-corrected chi connectivity index (χ0v) is 7.53. The lowest BCUT2D eigenvalue weighted by Gasteiger charge is -2.59. The van der Waals surface area contributed by atoms with Crippen molar-refractivity contribution < 1.29 is 29.5 Å². The standard InChI is InChI=1S/C8H12O6/c1-8(11)5-2(9)4-3(10)6(8)14-7(12-4)13-5/h2-7,9-11H,1H3/t2-,3+,4?,5+,6-,7?,8?. The highest BCUT2D eigenvalue weighted by atomic mass is 16.9. The number of rotatable bonds is 0. The first-order chi connectivity index (χ1) is 6.51. The number of aliphatic hydroxyl groups is 3. The van der Waals surface area contributed by atoms with Crippen LogP contribution in [0.5, 0.6) is 0 Å². The average Bonchev–Trinajstić information content (AvgIpc) is 2.12. The number of ether oxygens (including phenoxy) is 3. The Balaban J connectivity index is 2.02. The first kappa shape index (κ1) is 9.02. The molecule has 14 heavy (non-hydrogen) atoms. The van der Waals surface area contributed by atoms with E-state index in [0.717, 1.165) is 0 Å². The van der Waals surface area contributed by atoms with E-state index < -0.39 is 42.6 Å².